The van der Waals surface area contributed by atoms with Crippen LogP contribution in [0.4, 0.5) is 0 Å². The zero-order valence-electron chi connectivity index (χ0n) is 12.5. The Labute approximate surface area is 129 Å². The lowest BCUT2D eigenvalue weighted by Crippen LogP contribution is -2.38. The van der Waals surface area contributed by atoms with E-state index < -0.39 is 9.84 Å². The molecule has 1 aromatic heterocycles. The van der Waals surface area contributed by atoms with Crippen LogP contribution in [-0.2, 0) is 21.2 Å². The molecule has 0 saturated carbocycles. The lowest BCUT2D eigenvalue weighted by molar-refractivity contribution is -0.132. The number of hydrogen-bond acceptors (Lipinski definition) is 4. The van der Waals surface area contributed by atoms with E-state index in [1.54, 1.807) is 18.2 Å². The van der Waals surface area contributed by atoms with Crippen LogP contribution in [0.5, 0.6) is 0 Å². The van der Waals surface area contributed by atoms with Crippen LogP contribution in [0, 0.1) is 0 Å². The first-order chi connectivity index (χ1) is 10.5. The van der Waals surface area contributed by atoms with Crippen molar-refractivity contribution in [1.82, 2.24) is 14.5 Å². The summed E-state index contributed by atoms with van der Waals surface area (Å²) in [5.41, 5.74) is 1.27. The third-order valence-electron chi connectivity index (χ3n) is 3.95. The summed E-state index contributed by atoms with van der Waals surface area (Å²) in [5.74, 6) is -0.0484. The van der Waals surface area contributed by atoms with Gasteiger partial charge in [0.05, 0.1) is 11.0 Å². The van der Waals surface area contributed by atoms with E-state index in [4.69, 9.17) is 0 Å². The van der Waals surface area contributed by atoms with Crippen molar-refractivity contribution >= 4 is 26.8 Å². The van der Waals surface area contributed by atoms with Crippen LogP contribution in [0.2, 0.25) is 0 Å². The second-order valence-corrected chi connectivity index (χ2v) is 7.59. The molecule has 0 spiro atoms. The Kier molecular flexibility index (Phi) is 3.90. The fourth-order valence-corrected chi connectivity index (χ4v) is 3.70. The topological polar surface area (TPSA) is 72.3 Å². The number of para-hydroxylation sites is 2. The number of aromatic nitrogens is 2. The third-order valence-corrected chi connectivity index (χ3v) is 4.93. The first-order valence-electron chi connectivity index (χ1n) is 7.40. The lowest BCUT2D eigenvalue weighted by atomic mass is 10.1. The van der Waals surface area contributed by atoms with Gasteiger partial charge in [0.15, 0.2) is 0 Å². The molecule has 1 aliphatic heterocycles. The van der Waals surface area contributed by atoms with Gasteiger partial charge in [0.1, 0.15) is 6.54 Å². The molecule has 0 aliphatic carbocycles. The van der Waals surface area contributed by atoms with Crippen molar-refractivity contribution in [3.8, 4) is 0 Å². The molecule has 2 aromatic rings. The van der Waals surface area contributed by atoms with Gasteiger partial charge < -0.3 is 9.47 Å². The SMILES string of the molecule is CS(=O)(=O)c1nc2ccccc2n1CC(=O)N1CCCCC1. The summed E-state index contributed by atoms with van der Waals surface area (Å²) in [6.45, 7) is 1.52. The molecule has 1 saturated heterocycles. The predicted molar refractivity (Wildman–Crippen MR) is 83.3 cm³/mol. The second-order valence-electron chi connectivity index (χ2n) is 5.68. The standard InChI is InChI=1S/C15H19N3O3S/c1-22(20,21)15-16-12-7-3-4-8-13(12)18(15)11-14(19)17-9-5-2-6-10-17/h3-4,7-8H,2,5-6,9-11H2,1H3. The summed E-state index contributed by atoms with van der Waals surface area (Å²) < 4.78 is 25.5. The first-order valence-corrected chi connectivity index (χ1v) is 9.29. The highest BCUT2D eigenvalue weighted by Crippen LogP contribution is 2.20. The van der Waals surface area contributed by atoms with E-state index in [2.05, 4.69) is 4.98 Å². The predicted octanol–water partition coefficient (Wildman–Crippen LogP) is 1.45. The molecule has 7 heteroatoms. The van der Waals surface area contributed by atoms with Crippen molar-refractivity contribution in [2.45, 2.75) is 31.0 Å². The number of rotatable bonds is 3. The number of carbonyl (C=O) groups excluding carboxylic acids is 1. The molecular formula is C15H19N3O3S. The van der Waals surface area contributed by atoms with Crippen LogP contribution in [0.3, 0.4) is 0 Å². The second kappa shape index (κ2) is 5.72. The van der Waals surface area contributed by atoms with Gasteiger partial charge in [-0.2, -0.15) is 0 Å². The van der Waals surface area contributed by atoms with E-state index in [1.807, 2.05) is 11.0 Å². The minimum atomic E-state index is -3.49. The molecule has 0 bridgehead atoms. The normalized spacial score (nSPS) is 16.1. The molecule has 0 N–H and O–H groups in total. The molecule has 1 aliphatic rings. The minimum absolute atomic E-state index is 0.0168. The molecule has 2 heterocycles. The van der Waals surface area contributed by atoms with Gasteiger partial charge in [-0.3, -0.25) is 4.79 Å². The molecule has 0 unspecified atom stereocenters. The number of nitrogens with zero attached hydrogens (tertiary/aromatic N) is 3. The summed E-state index contributed by atoms with van der Waals surface area (Å²) in [6, 6.07) is 7.17. The molecule has 22 heavy (non-hydrogen) atoms. The summed E-state index contributed by atoms with van der Waals surface area (Å²) in [4.78, 5) is 18.5. The summed E-state index contributed by atoms with van der Waals surface area (Å²) in [5, 5.41) is -0.0425. The summed E-state index contributed by atoms with van der Waals surface area (Å²) >= 11 is 0. The van der Waals surface area contributed by atoms with Gasteiger partial charge in [0.2, 0.25) is 20.9 Å². The summed E-state index contributed by atoms with van der Waals surface area (Å²) in [7, 11) is -3.49. The number of likely N-dealkylation sites (tertiary alicyclic amines) is 1. The fraction of sp³-hybridized carbons (Fsp3) is 0.467. The quantitative estimate of drug-likeness (QED) is 0.858. The van der Waals surface area contributed by atoms with Gasteiger partial charge >= 0.3 is 0 Å². The number of sulfone groups is 1. The maximum absolute atomic E-state index is 12.5. The molecule has 118 valence electrons. The van der Waals surface area contributed by atoms with Crippen molar-refractivity contribution in [2.75, 3.05) is 19.3 Å². The van der Waals surface area contributed by atoms with Crippen molar-refractivity contribution in [2.24, 2.45) is 0 Å². The molecule has 0 atom stereocenters. The number of carbonyl (C=O) groups is 1. The largest absolute Gasteiger partial charge is 0.341 e. The maximum atomic E-state index is 12.5. The number of amides is 1. The Morgan fingerprint density at radius 3 is 2.55 bits per heavy atom. The van der Waals surface area contributed by atoms with Gasteiger partial charge in [-0.15, -0.1) is 0 Å². The van der Waals surface area contributed by atoms with E-state index in [0.717, 1.165) is 38.6 Å². The average Bonchev–Trinajstić information content (AvgIpc) is 2.87. The van der Waals surface area contributed by atoms with E-state index in [9.17, 15) is 13.2 Å². The number of fused-ring (bicyclic) bond motifs is 1. The highest BCUT2D eigenvalue weighted by atomic mass is 32.2. The number of benzene rings is 1. The third kappa shape index (κ3) is 2.85. The molecule has 1 amide bonds. The molecule has 1 fully saturated rings. The lowest BCUT2D eigenvalue weighted by Gasteiger charge is -2.27. The van der Waals surface area contributed by atoms with E-state index in [-0.39, 0.29) is 17.6 Å². The van der Waals surface area contributed by atoms with Crippen LogP contribution in [-0.4, -0.2) is 48.1 Å². The molecular weight excluding hydrogens is 302 g/mol. The van der Waals surface area contributed by atoms with Crippen LogP contribution >= 0.6 is 0 Å². The van der Waals surface area contributed by atoms with Gasteiger partial charge in [0.25, 0.3) is 0 Å². The van der Waals surface area contributed by atoms with E-state index >= 15 is 0 Å². The Hall–Kier alpha value is -1.89. The molecule has 6 nitrogen and oxygen atoms in total. The Balaban J connectivity index is 1.99. The zero-order valence-corrected chi connectivity index (χ0v) is 13.3. The van der Waals surface area contributed by atoms with E-state index in [1.165, 1.54) is 4.57 Å². The van der Waals surface area contributed by atoms with Crippen LogP contribution in [0.1, 0.15) is 19.3 Å². The van der Waals surface area contributed by atoms with Crippen LogP contribution in [0.25, 0.3) is 11.0 Å². The van der Waals surface area contributed by atoms with E-state index in [0.29, 0.717) is 11.0 Å². The Bertz CT molecular complexity index is 805. The highest BCUT2D eigenvalue weighted by Gasteiger charge is 2.23. The molecule has 0 radical (unpaired) electrons. The van der Waals surface area contributed by atoms with Crippen LogP contribution < -0.4 is 0 Å². The van der Waals surface area contributed by atoms with Crippen molar-refractivity contribution in [3.63, 3.8) is 0 Å². The first kappa shape index (κ1) is 15.0. The Morgan fingerprint density at radius 1 is 1.18 bits per heavy atom. The number of imidazole rings is 1. The zero-order chi connectivity index (χ0) is 15.7. The monoisotopic (exact) mass is 321 g/mol. The van der Waals surface area contributed by atoms with Gasteiger partial charge in [-0.1, -0.05) is 12.1 Å². The summed E-state index contributed by atoms with van der Waals surface area (Å²) in [6.07, 6.45) is 4.28. The van der Waals surface area contributed by atoms with Crippen molar-refractivity contribution < 1.29 is 13.2 Å². The van der Waals surface area contributed by atoms with Gasteiger partial charge in [0, 0.05) is 19.3 Å². The molecule has 1 aromatic carbocycles. The maximum Gasteiger partial charge on any atom is 0.242 e. The number of piperidine rings is 1. The van der Waals surface area contributed by atoms with Gasteiger partial charge in [-0.05, 0) is 31.4 Å². The Morgan fingerprint density at radius 2 is 1.86 bits per heavy atom. The minimum Gasteiger partial charge on any atom is -0.341 e. The smallest absolute Gasteiger partial charge is 0.242 e. The average molecular weight is 321 g/mol. The molecule has 3 rings (SSSR count). The highest BCUT2D eigenvalue weighted by molar-refractivity contribution is 7.90. The van der Waals surface area contributed by atoms with Crippen molar-refractivity contribution in [1.29, 1.82) is 0 Å². The van der Waals surface area contributed by atoms with Crippen LogP contribution in [0.15, 0.2) is 29.4 Å². The fourth-order valence-electron chi connectivity index (χ4n) is 2.87. The van der Waals surface area contributed by atoms with Gasteiger partial charge in [-0.25, -0.2) is 13.4 Å². The number of hydrogen-bond donors (Lipinski definition) is 0. The van der Waals surface area contributed by atoms with Crippen molar-refractivity contribution in [3.05, 3.63) is 24.3 Å².